The zero-order valence-electron chi connectivity index (χ0n) is 25.0. The van der Waals surface area contributed by atoms with Crippen molar-refractivity contribution in [3.8, 4) is 0 Å². The first-order valence-corrected chi connectivity index (χ1v) is 17.3. The van der Waals surface area contributed by atoms with Crippen LogP contribution in [0.15, 0.2) is 36.5 Å². The first kappa shape index (κ1) is 37.6. The molecule has 2 unspecified atom stereocenters. The molecule has 228 valence electrons. The smallest absolute Gasteiger partial charge is 0.267 e. The molecule has 0 aromatic heterocycles. The highest BCUT2D eigenvalue weighted by Gasteiger charge is 2.24. The number of allylic oxidation sites excluding steroid dienone is 5. The summed E-state index contributed by atoms with van der Waals surface area (Å²) >= 11 is 0. The summed E-state index contributed by atoms with van der Waals surface area (Å²) in [6.45, 7) is 4.42. The standard InChI is InChI=1S/C32H59NO5S/c1-3-5-7-9-11-13-15-16-17-18-20-22-24-26-28-32(35)33-30(29-39(36,37)38)31(34)27-25-23-21-19-14-12-10-8-6-4-2/h9,11,15-16,25,27,30-31,34H,3-8,10,12-14,17-24,26,28-29H2,1-2H3,(H,33,35)(H,36,37,38)/b11-9-,16-15-,27-25+. The second-order valence-electron chi connectivity index (χ2n) is 10.7. The highest BCUT2D eigenvalue weighted by Crippen LogP contribution is 2.11. The number of rotatable bonds is 27. The van der Waals surface area contributed by atoms with E-state index >= 15 is 0 Å². The molecule has 0 spiro atoms. The van der Waals surface area contributed by atoms with Gasteiger partial charge in [-0.25, -0.2) is 0 Å². The van der Waals surface area contributed by atoms with E-state index in [0.717, 1.165) is 57.8 Å². The van der Waals surface area contributed by atoms with E-state index in [4.69, 9.17) is 0 Å². The zero-order chi connectivity index (χ0) is 29.0. The van der Waals surface area contributed by atoms with Crippen LogP contribution in [-0.2, 0) is 14.9 Å². The van der Waals surface area contributed by atoms with Crippen LogP contribution in [0.2, 0.25) is 0 Å². The fraction of sp³-hybridized carbons (Fsp3) is 0.781. The monoisotopic (exact) mass is 569 g/mol. The van der Waals surface area contributed by atoms with Crippen molar-refractivity contribution in [2.45, 2.75) is 154 Å². The maximum Gasteiger partial charge on any atom is 0.267 e. The van der Waals surface area contributed by atoms with Gasteiger partial charge in [0.15, 0.2) is 0 Å². The van der Waals surface area contributed by atoms with E-state index in [1.807, 2.05) is 6.08 Å². The number of carbonyl (C=O) groups excluding carboxylic acids is 1. The van der Waals surface area contributed by atoms with Crippen LogP contribution in [0.25, 0.3) is 0 Å². The Morgan fingerprint density at radius 3 is 1.74 bits per heavy atom. The van der Waals surface area contributed by atoms with Crippen molar-refractivity contribution in [3.05, 3.63) is 36.5 Å². The summed E-state index contributed by atoms with van der Waals surface area (Å²) in [7, 11) is -4.33. The number of amides is 1. The Morgan fingerprint density at radius 2 is 1.18 bits per heavy atom. The van der Waals surface area contributed by atoms with Crippen LogP contribution in [-0.4, -0.2) is 41.9 Å². The summed E-state index contributed by atoms with van der Waals surface area (Å²) in [6.07, 6.45) is 32.7. The van der Waals surface area contributed by atoms with Crippen LogP contribution in [0.3, 0.4) is 0 Å². The third kappa shape index (κ3) is 27.9. The average Bonchev–Trinajstić information content (AvgIpc) is 2.88. The third-order valence-corrected chi connectivity index (χ3v) is 7.59. The first-order valence-electron chi connectivity index (χ1n) is 15.7. The predicted molar refractivity (Wildman–Crippen MR) is 165 cm³/mol. The van der Waals surface area contributed by atoms with E-state index in [1.165, 1.54) is 63.9 Å². The van der Waals surface area contributed by atoms with Crippen molar-refractivity contribution < 1.29 is 22.9 Å². The lowest BCUT2D eigenvalue weighted by Gasteiger charge is -2.21. The van der Waals surface area contributed by atoms with Gasteiger partial charge in [-0.15, -0.1) is 0 Å². The minimum Gasteiger partial charge on any atom is -0.387 e. The van der Waals surface area contributed by atoms with Gasteiger partial charge >= 0.3 is 0 Å². The van der Waals surface area contributed by atoms with Gasteiger partial charge in [-0.3, -0.25) is 9.35 Å². The van der Waals surface area contributed by atoms with Crippen LogP contribution >= 0.6 is 0 Å². The molecule has 0 saturated carbocycles. The Balaban J connectivity index is 4.11. The minimum atomic E-state index is -4.33. The normalized spacial score (nSPS) is 14.1. The fourth-order valence-corrected chi connectivity index (χ4v) is 5.14. The van der Waals surface area contributed by atoms with Gasteiger partial charge in [0.1, 0.15) is 0 Å². The molecule has 3 N–H and O–H groups in total. The van der Waals surface area contributed by atoms with Gasteiger partial charge in [-0.05, 0) is 44.9 Å². The molecule has 0 aromatic carbocycles. The van der Waals surface area contributed by atoms with Crippen LogP contribution < -0.4 is 5.32 Å². The molecule has 0 radical (unpaired) electrons. The van der Waals surface area contributed by atoms with Gasteiger partial charge in [0, 0.05) is 6.42 Å². The first-order chi connectivity index (χ1) is 18.8. The maximum atomic E-state index is 12.4. The molecule has 0 heterocycles. The quantitative estimate of drug-likeness (QED) is 0.0525. The lowest BCUT2D eigenvalue weighted by Crippen LogP contribution is -2.46. The van der Waals surface area contributed by atoms with Crippen molar-refractivity contribution >= 4 is 16.0 Å². The molecule has 0 aliphatic carbocycles. The second-order valence-corrected chi connectivity index (χ2v) is 12.2. The zero-order valence-corrected chi connectivity index (χ0v) is 25.8. The summed E-state index contributed by atoms with van der Waals surface area (Å²) < 4.78 is 32.1. The number of aliphatic hydroxyl groups excluding tert-OH is 1. The average molecular weight is 570 g/mol. The number of carbonyl (C=O) groups is 1. The van der Waals surface area contributed by atoms with Gasteiger partial charge in [-0.1, -0.05) is 127 Å². The van der Waals surface area contributed by atoms with Crippen molar-refractivity contribution in [3.63, 3.8) is 0 Å². The molecule has 0 aliphatic rings. The van der Waals surface area contributed by atoms with E-state index in [0.29, 0.717) is 6.42 Å². The number of aliphatic hydroxyl groups is 1. The van der Waals surface area contributed by atoms with Gasteiger partial charge in [0.2, 0.25) is 5.91 Å². The molecule has 2 atom stereocenters. The van der Waals surface area contributed by atoms with E-state index in [1.54, 1.807) is 0 Å². The summed E-state index contributed by atoms with van der Waals surface area (Å²) in [6, 6.07) is -1.06. The molecular weight excluding hydrogens is 510 g/mol. The van der Waals surface area contributed by atoms with Crippen LogP contribution in [0.1, 0.15) is 142 Å². The SMILES string of the molecule is CCCC/C=C\C/C=C\CCCCCCCC(=O)NC(CS(=O)(=O)O)C(O)/C=C/CCCCCCCCCC. The van der Waals surface area contributed by atoms with Crippen LogP contribution in [0.4, 0.5) is 0 Å². The Bertz CT molecular complexity index is 761. The number of hydrogen-bond donors (Lipinski definition) is 3. The van der Waals surface area contributed by atoms with Crippen molar-refractivity contribution in [1.82, 2.24) is 5.32 Å². The van der Waals surface area contributed by atoms with Gasteiger partial charge < -0.3 is 10.4 Å². The highest BCUT2D eigenvalue weighted by atomic mass is 32.2. The lowest BCUT2D eigenvalue weighted by molar-refractivity contribution is -0.122. The Kier molecular flexibility index (Phi) is 25.8. The molecular formula is C32H59NO5S. The minimum absolute atomic E-state index is 0.279. The molecule has 0 saturated heterocycles. The Hall–Kier alpha value is -1.44. The van der Waals surface area contributed by atoms with Crippen molar-refractivity contribution in [2.24, 2.45) is 0 Å². The molecule has 7 heteroatoms. The predicted octanol–water partition coefficient (Wildman–Crippen LogP) is 8.23. The largest absolute Gasteiger partial charge is 0.387 e. The van der Waals surface area contributed by atoms with Crippen molar-refractivity contribution in [2.75, 3.05) is 5.75 Å². The number of hydrogen-bond acceptors (Lipinski definition) is 4. The number of nitrogens with one attached hydrogen (secondary N) is 1. The molecule has 39 heavy (non-hydrogen) atoms. The molecule has 0 aromatic rings. The second kappa shape index (κ2) is 26.8. The molecule has 6 nitrogen and oxygen atoms in total. The van der Waals surface area contributed by atoms with E-state index in [9.17, 15) is 22.9 Å². The Morgan fingerprint density at radius 1 is 0.692 bits per heavy atom. The van der Waals surface area contributed by atoms with Crippen LogP contribution in [0.5, 0.6) is 0 Å². The molecule has 0 aliphatic heterocycles. The van der Waals surface area contributed by atoms with E-state index in [2.05, 4.69) is 43.5 Å². The van der Waals surface area contributed by atoms with E-state index < -0.39 is 28.0 Å². The van der Waals surface area contributed by atoms with Crippen molar-refractivity contribution in [1.29, 1.82) is 0 Å². The summed E-state index contributed by atoms with van der Waals surface area (Å²) in [5.74, 6) is -1.00. The topological polar surface area (TPSA) is 104 Å². The highest BCUT2D eigenvalue weighted by molar-refractivity contribution is 7.85. The Labute approximate surface area is 240 Å². The van der Waals surface area contributed by atoms with Crippen LogP contribution in [0, 0.1) is 0 Å². The molecule has 1 amide bonds. The maximum absolute atomic E-state index is 12.4. The summed E-state index contributed by atoms with van der Waals surface area (Å²) in [4.78, 5) is 12.4. The van der Waals surface area contributed by atoms with Gasteiger partial charge in [0.25, 0.3) is 10.1 Å². The third-order valence-electron chi connectivity index (χ3n) is 6.81. The molecule has 0 bridgehead atoms. The molecule has 0 fully saturated rings. The fourth-order valence-electron chi connectivity index (χ4n) is 4.40. The van der Waals surface area contributed by atoms with Gasteiger partial charge in [0.05, 0.1) is 17.9 Å². The molecule has 0 rings (SSSR count). The summed E-state index contributed by atoms with van der Waals surface area (Å²) in [5, 5.41) is 13.1. The number of unbranched alkanes of at least 4 members (excludes halogenated alkanes) is 15. The lowest BCUT2D eigenvalue weighted by atomic mass is 10.1. The van der Waals surface area contributed by atoms with Gasteiger partial charge in [-0.2, -0.15) is 8.42 Å². The van der Waals surface area contributed by atoms with E-state index in [-0.39, 0.29) is 12.3 Å². The summed E-state index contributed by atoms with van der Waals surface area (Å²) in [5.41, 5.74) is 0.